The normalized spacial score (nSPS) is 11.6. The van der Waals surface area contributed by atoms with Crippen molar-refractivity contribution >= 4 is 11.9 Å². The summed E-state index contributed by atoms with van der Waals surface area (Å²) in [5.74, 6) is -0.927. The molecule has 126 valence electrons. The first-order valence-electron chi connectivity index (χ1n) is 7.55. The number of benzene rings is 1. The van der Waals surface area contributed by atoms with Gasteiger partial charge in [0, 0.05) is 18.3 Å². The van der Waals surface area contributed by atoms with Crippen molar-refractivity contribution in [1.29, 1.82) is 0 Å². The molecule has 0 saturated heterocycles. The number of rotatable bonds is 8. The van der Waals surface area contributed by atoms with Gasteiger partial charge < -0.3 is 9.47 Å². The molecule has 23 heavy (non-hydrogen) atoms. The number of ether oxygens (including phenoxy) is 2. The number of nitrogens with zero attached hydrogens (tertiary/aromatic N) is 1. The number of unbranched alkanes of at least 4 members (excludes halogenated alkanes) is 1. The van der Waals surface area contributed by atoms with Gasteiger partial charge in [0.05, 0.1) is 17.7 Å². The molecule has 1 rings (SSSR count). The van der Waals surface area contributed by atoms with Crippen LogP contribution in [0.1, 0.15) is 62.0 Å². The molecule has 0 amide bonds. The number of carbonyl (C=O) groups is 2. The summed E-state index contributed by atoms with van der Waals surface area (Å²) in [7, 11) is 0. The largest absolute Gasteiger partial charge is 0.462 e. The minimum absolute atomic E-state index is 0.100. The molecule has 0 spiro atoms. The first kappa shape index (κ1) is 18.6. The van der Waals surface area contributed by atoms with Crippen molar-refractivity contribution < 1.29 is 24.0 Å². The van der Waals surface area contributed by atoms with Crippen LogP contribution in [0.5, 0.6) is 5.75 Å². The Hall–Kier alpha value is -2.44. The third-order valence-electron chi connectivity index (χ3n) is 3.25. The van der Waals surface area contributed by atoms with Gasteiger partial charge in [-0.15, -0.1) is 0 Å². The van der Waals surface area contributed by atoms with Crippen molar-refractivity contribution in [2.45, 2.75) is 46.1 Å². The van der Waals surface area contributed by atoms with E-state index in [1.807, 2.05) is 6.92 Å². The molecular weight excluding hydrogens is 302 g/mol. The molecule has 1 atom stereocenters. The predicted molar refractivity (Wildman–Crippen MR) is 83.0 cm³/mol. The molecule has 0 aromatic heterocycles. The molecule has 1 aromatic carbocycles. The van der Waals surface area contributed by atoms with Gasteiger partial charge in [-0.05, 0) is 31.5 Å². The van der Waals surface area contributed by atoms with Crippen LogP contribution in [0.2, 0.25) is 0 Å². The van der Waals surface area contributed by atoms with Gasteiger partial charge in [0.1, 0.15) is 5.75 Å². The summed E-state index contributed by atoms with van der Waals surface area (Å²) >= 11 is 0. The van der Waals surface area contributed by atoms with Crippen molar-refractivity contribution in [3.8, 4) is 5.75 Å². The zero-order chi connectivity index (χ0) is 17.4. The van der Waals surface area contributed by atoms with Crippen LogP contribution in [0.3, 0.4) is 0 Å². The number of carbonyl (C=O) groups excluding carboxylic acids is 2. The number of nitro groups is 1. The first-order valence-corrected chi connectivity index (χ1v) is 7.55. The lowest BCUT2D eigenvalue weighted by Gasteiger charge is -2.13. The van der Waals surface area contributed by atoms with Crippen molar-refractivity contribution in [3.05, 3.63) is 39.4 Å². The second-order valence-electron chi connectivity index (χ2n) is 5.01. The van der Waals surface area contributed by atoms with Gasteiger partial charge in [0.25, 0.3) is 0 Å². The van der Waals surface area contributed by atoms with Gasteiger partial charge in [0.2, 0.25) is 6.04 Å². The van der Waals surface area contributed by atoms with E-state index in [0.717, 1.165) is 6.42 Å². The fraction of sp³-hybridized carbons (Fsp3) is 0.500. The lowest BCUT2D eigenvalue weighted by Crippen LogP contribution is -2.14. The smallest absolute Gasteiger partial charge is 0.338 e. The molecule has 7 nitrogen and oxygen atoms in total. The molecule has 0 radical (unpaired) electrons. The molecule has 7 heteroatoms. The quantitative estimate of drug-likeness (QED) is 0.315. The third kappa shape index (κ3) is 5.36. The lowest BCUT2D eigenvalue weighted by molar-refractivity contribution is -0.524. The molecule has 0 aliphatic rings. The minimum atomic E-state index is -1.11. The van der Waals surface area contributed by atoms with Crippen molar-refractivity contribution in [2.24, 2.45) is 0 Å². The maximum absolute atomic E-state index is 11.8. The number of hydrogen-bond acceptors (Lipinski definition) is 6. The van der Waals surface area contributed by atoms with Gasteiger partial charge in [0.15, 0.2) is 0 Å². The van der Waals surface area contributed by atoms with Gasteiger partial charge in [-0.25, -0.2) is 4.79 Å². The highest BCUT2D eigenvalue weighted by atomic mass is 16.6. The molecule has 0 fully saturated rings. The summed E-state index contributed by atoms with van der Waals surface area (Å²) in [6.45, 7) is 5.18. The van der Waals surface area contributed by atoms with Crippen LogP contribution >= 0.6 is 0 Å². The average molecular weight is 323 g/mol. The topological polar surface area (TPSA) is 95.7 Å². The molecule has 0 heterocycles. The molecule has 1 aromatic rings. The van der Waals surface area contributed by atoms with Crippen LogP contribution in [0, 0.1) is 10.1 Å². The second kappa shape index (κ2) is 8.87. The molecule has 1 unspecified atom stereocenters. The van der Waals surface area contributed by atoms with Crippen LogP contribution in [0.25, 0.3) is 0 Å². The van der Waals surface area contributed by atoms with Gasteiger partial charge in [-0.2, -0.15) is 0 Å². The average Bonchev–Trinajstić information content (AvgIpc) is 2.52. The molecular formula is C16H21NO6. The van der Waals surface area contributed by atoms with Crippen molar-refractivity contribution in [2.75, 3.05) is 6.61 Å². The summed E-state index contributed by atoms with van der Waals surface area (Å²) in [6, 6.07) is 3.05. The van der Waals surface area contributed by atoms with E-state index in [0.29, 0.717) is 6.42 Å². The molecule has 0 saturated carbocycles. The highest BCUT2D eigenvalue weighted by Gasteiger charge is 2.24. The molecule has 0 aliphatic carbocycles. The lowest BCUT2D eigenvalue weighted by atomic mass is 10.0. The Bertz CT molecular complexity index is 584. The van der Waals surface area contributed by atoms with E-state index in [9.17, 15) is 19.7 Å². The van der Waals surface area contributed by atoms with E-state index >= 15 is 0 Å². The van der Waals surface area contributed by atoms with E-state index in [2.05, 4.69) is 0 Å². The van der Waals surface area contributed by atoms with Crippen molar-refractivity contribution in [3.63, 3.8) is 0 Å². The zero-order valence-corrected chi connectivity index (χ0v) is 13.5. The Kier molecular flexibility index (Phi) is 7.18. The fourth-order valence-electron chi connectivity index (χ4n) is 1.92. The maximum Gasteiger partial charge on any atom is 0.338 e. The summed E-state index contributed by atoms with van der Waals surface area (Å²) in [5.41, 5.74) is 0.356. The van der Waals surface area contributed by atoms with Gasteiger partial charge in [-0.1, -0.05) is 13.3 Å². The number of esters is 2. The minimum Gasteiger partial charge on any atom is -0.462 e. The Morgan fingerprint density at radius 2 is 2.00 bits per heavy atom. The van der Waals surface area contributed by atoms with E-state index in [-0.39, 0.29) is 29.9 Å². The van der Waals surface area contributed by atoms with Crippen LogP contribution in [-0.2, 0) is 9.53 Å². The predicted octanol–water partition coefficient (Wildman–Crippen LogP) is 3.30. The van der Waals surface area contributed by atoms with Crippen LogP contribution < -0.4 is 4.74 Å². The standard InChI is InChI=1S/C16H21NO6/c1-4-6-7-15(18)23-14-9-8-12(16(19)22-5-2)10-13(14)11(3)17(20)21/h8-11H,4-7H2,1-3H3. The van der Waals surface area contributed by atoms with E-state index in [4.69, 9.17) is 9.47 Å². The van der Waals surface area contributed by atoms with Crippen LogP contribution in [-0.4, -0.2) is 23.5 Å². The SMILES string of the molecule is CCCCC(=O)Oc1ccc(C(=O)OCC)cc1C(C)[N+](=O)[O-]. The Morgan fingerprint density at radius 3 is 2.57 bits per heavy atom. The summed E-state index contributed by atoms with van der Waals surface area (Å²) < 4.78 is 10.1. The monoisotopic (exact) mass is 323 g/mol. The first-order chi connectivity index (χ1) is 10.9. The summed E-state index contributed by atoms with van der Waals surface area (Å²) in [5, 5.41) is 11.1. The Labute approximate surface area is 134 Å². The zero-order valence-electron chi connectivity index (χ0n) is 13.5. The van der Waals surface area contributed by atoms with Crippen LogP contribution in [0.4, 0.5) is 0 Å². The van der Waals surface area contributed by atoms with Gasteiger partial charge in [-0.3, -0.25) is 14.9 Å². The summed E-state index contributed by atoms with van der Waals surface area (Å²) in [6.07, 6.45) is 1.76. The molecule has 0 bridgehead atoms. The maximum atomic E-state index is 11.8. The van der Waals surface area contributed by atoms with E-state index in [1.54, 1.807) is 6.92 Å². The van der Waals surface area contributed by atoms with E-state index < -0.39 is 22.9 Å². The number of hydrogen-bond donors (Lipinski definition) is 0. The Balaban J connectivity index is 3.11. The third-order valence-corrected chi connectivity index (χ3v) is 3.25. The molecule has 0 N–H and O–H groups in total. The van der Waals surface area contributed by atoms with E-state index in [1.165, 1.54) is 25.1 Å². The highest BCUT2D eigenvalue weighted by Crippen LogP contribution is 2.29. The van der Waals surface area contributed by atoms with Gasteiger partial charge >= 0.3 is 11.9 Å². The fourth-order valence-corrected chi connectivity index (χ4v) is 1.92. The summed E-state index contributed by atoms with van der Waals surface area (Å²) in [4.78, 5) is 34.1. The highest BCUT2D eigenvalue weighted by molar-refractivity contribution is 5.90. The second-order valence-corrected chi connectivity index (χ2v) is 5.01. The van der Waals surface area contributed by atoms with Crippen LogP contribution in [0.15, 0.2) is 18.2 Å². The Morgan fingerprint density at radius 1 is 1.30 bits per heavy atom. The molecule has 0 aliphatic heterocycles. The van der Waals surface area contributed by atoms with Crippen molar-refractivity contribution in [1.82, 2.24) is 0 Å².